The first-order valence-electron chi connectivity index (χ1n) is 11.6. The van der Waals surface area contributed by atoms with Gasteiger partial charge in [0.2, 0.25) is 0 Å². The van der Waals surface area contributed by atoms with Crippen molar-refractivity contribution in [3.05, 3.63) is 79.5 Å². The van der Waals surface area contributed by atoms with E-state index in [0.29, 0.717) is 23.6 Å². The van der Waals surface area contributed by atoms with Crippen LogP contribution in [0.25, 0.3) is 0 Å². The molecule has 0 radical (unpaired) electrons. The van der Waals surface area contributed by atoms with Crippen LogP contribution in [0.1, 0.15) is 24.5 Å². The minimum absolute atomic E-state index is 0.0316. The maximum Gasteiger partial charge on any atom is 0.573 e. The molecule has 0 fully saturated rings. The summed E-state index contributed by atoms with van der Waals surface area (Å²) in [6, 6.07) is 10.3. The van der Waals surface area contributed by atoms with Crippen LogP contribution in [0, 0.1) is 12.8 Å². The van der Waals surface area contributed by atoms with Crippen LogP contribution in [0.15, 0.2) is 57.0 Å². The zero-order valence-electron chi connectivity index (χ0n) is 21.4. The van der Waals surface area contributed by atoms with Crippen LogP contribution in [-0.2, 0) is 20.5 Å². The Morgan fingerprint density at radius 1 is 1.08 bits per heavy atom. The zero-order chi connectivity index (χ0) is 28.2. The molecule has 1 atom stereocenters. The van der Waals surface area contributed by atoms with E-state index in [0.717, 1.165) is 22.3 Å². The lowest BCUT2D eigenvalue weighted by molar-refractivity contribution is -0.274. The van der Waals surface area contributed by atoms with Crippen molar-refractivity contribution in [3.8, 4) is 17.2 Å². The lowest BCUT2D eigenvalue weighted by Crippen LogP contribution is -2.38. The highest BCUT2D eigenvalue weighted by Gasteiger charge is 2.31. The minimum Gasteiger partial charge on any atom is -0.495 e. The number of rotatable bonds is 8. The van der Waals surface area contributed by atoms with Crippen molar-refractivity contribution in [2.75, 3.05) is 7.11 Å². The molecule has 0 aliphatic rings. The van der Waals surface area contributed by atoms with Crippen LogP contribution in [0.3, 0.4) is 0 Å². The van der Waals surface area contributed by atoms with E-state index >= 15 is 0 Å². The Morgan fingerprint density at radius 2 is 1.76 bits per heavy atom. The van der Waals surface area contributed by atoms with Crippen molar-refractivity contribution in [2.24, 2.45) is 25.0 Å². The number of nitrogens with zero attached hydrogens (tertiary/aromatic N) is 3. The number of alkyl halides is 3. The van der Waals surface area contributed by atoms with Gasteiger partial charge in [0.1, 0.15) is 23.1 Å². The maximum absolute atomic E-state index is 12.8. The first-order chi connectivity index (χ1) is 17.8. The summed E-state index contributed by atoms with van der Waals surface area (Å²) in [6.07, 6.45) is -3.99. The number of aliphatic imine (C=N–C) groups is 1. The average molecular weight is 554 g/mol. The topological polar surface area (TPSA) is 84.1 Å². The molecule has 0 saturated heterocycles. The molecular weight excluding hydrogens is 527 g/mol. The third-order valence-electron chi connectivity index (χ3n) is 5.87. The molecule has 3 aromatic rings. The molecule has 0 spiro atoms. The van der Waals surface area contributed by atoms with Gasteiger partial charge in [0.05, 0.1) is 17.7 Å². The molecule has 0 amide bonds. The van der Waals surface area contributed by atoms with Crippen LogP contribution in [0.5, 0.6) is 17.2 Å². The summed E-state index contributed by atoms with van der Waals surface area (Å²) in [7, 11) is 4.32. The molecule has 1 aromatic heterocycles. The van der Waals surface area contributed by atoms with Gasteiger partial charge in [-0.05, 0) is 49.6 Å². The first-order valence-corrected chi connectivity index (χ1v) is 11.9. The summed E-state index contributed by atoms with van der Waals surface area (Å²) in [4.78, 5) is 29.8. The SMILES string of the molecule is CCC(Cc1ccc(Cl)c(OC)c1)C(=Nc1c(C)c(=O)n(C)c(=O)n1C)Oc1cccc(OC(F)(F)F)c1. The van der Waals surface area contributed by atoms with Gasteiger partial charge in [0.15, 0.2) is 5.90 Å². The molecule has 1 unspecified atom stereocenters. The van der Waals surface area contributed by atoms with Gasteiger partial charge < -0.3 is 14.2 Å². The first kappa shape index (κ1) is 28.8. The van der Waals surface area contributed by atoms with Gasteiger partial charge in [-0.3, -0.25) is 13.9 Å². The predicted molar refractivity (Wildman–Crippen MR) is 138 cm³/mol. The lowest BCUT2D eigenvalue weighted by Gasteiger charge is -2.20. The molecule has 38 heavy (non-hydrogen) atoms. The summed E-state index contributed by atoms with van der Waals surface area (Å²) in [6.45, 7) is 3.41. The smallest absolute Gasteiger partial charge is 0.495 e. The normalized spacial score (nSPS) is 12.8. The molecule has 0 N–H and O–H groups in total. The van der Waals surface area contributed by atoms with Crippen molar-refractivity contribution in [1.82, 2.24) is 9.13 Å². The fourth-order valence-electron chi connectivity index (χ4n) is 3.84. The Kier molecular flexibility index (Phi) is 8.93. The number of halogens is 4. The number of hydrogen-bond acceptors (Lipinski definition) is 6. The molecule has 0 aliphatic heterocycles. The van der Waals surface area contributed by atoms with E-state index in [4.69, 9.17) is 21.1 Å². The second kappa shape index (κ2) is 11.8. The standard InChI is InChI=1S/C26H27ClF3N3O5/c1-6-17(12-16-10-11-20(27)21(13-16)36-5)23(31-22-15(2)24(34)33(4)25(35)32(22)3)37-18-8-7-9-19(14-18)38-26(28,29)30/h7-11,13-14,17H,6,12H2,1-5H3. The van der Waals surface area contributed by atoms with Crippen LogP contribution < -0.4 is 25.5 Å². The minimum atomic E-state index is -4.88. The van der Waals surface area contributed by atoms with Crippen molar-refractivity contribution >= 4 is 23.3 Å². The third kappa shape index (κ3) is 6.77. The molecule has 2 aromatic carbocycles. The van der Waals surface area contributed by atoms with E-state index in [9.17, 15) is 22.8 Å². The van der Waals surface area contributed by atoms with E-state index in [1.54, 1.807) is 12.1 Å². The molecule has 0 bridgehead atoms. The highest BCUT2D eigenvalue weighted by Crippen LogP contribution is 2.30. The highest BCUT2D eigenvalue weighted by molar-refractivity contribution is 6.32. The van der Waals surface area contributed by atoms with Crippen molar-refractivity contribution in [2.45, 2.75) is 33.1 Å². The van der Waals surface area contributed by atoms with Gasteiger partial charge >= 0.3 is 12.1 Å². The highest BCUT2D eigenvalue weighted by atomic mass is 35.5. The summed E-state index contributed by atoms with van der Waals surface area (Å²) >= 11 is 6.15. The van der Waals surface area contributed by atoms with Crippen molar-refractivity contribution in [1.29, 1.82) is 0 Å². The van der Waals surface area contributed by atoms with E-state index in [-0.39, 0.29) is 23.0 Å². The van der Waals surface area contributed by atoms with Gasteiger partial charge in [-0.2, -0.15) is 4.99 Å². The molecular formula is C26H27ClF3N3O5. The van der Waals surface area contributed by atoms with Crippen LogP contribution in [0.4, 0.5) is 19.0 Å². The van der Waals surface area contributed by atoms with E-state index < -0.39 is 29.3 Å². The second-order valence-electron chi connectivity index (χ2n) is 8.51. The second-order valence-corrected chi connectivity index (χ2v) is 8.91. The number of ether oxygens (including phenoxy) is 3. The fourth-order valence-corrected chi connectivity index (χ4v) is 4.03. The van der Waals surface area contributed by atoms with Gasteiger partial charge in [-0.15, -0.1) is 13.2 Å². The lowest BCUT2D eigenvalue weighted by atomic mass is 9.96. The van der Waals surface area contributed by atoms with Gasteiger partial charge in [-0.1, -0.05) is 30.7 Å². The molecule has 12 heteroatoms. The third-order valence-corrected chi connectivity index (χ3v) is 6.18. The monoisotopic (exact) mass is 553 g/mol. The Balaban J connectivity index is 2.13. The maximum atomic E-state index is 12.8. The Hall–Kier alpha value is -3.73. The number of hydrogen-bond donors (Lipinski definition) is 0. The van der Waals surface area contributed by atoms with Gasteiger partial charge in [0.25, 0.3) is 5.56 Å². The predicted octanol–water partition coefficient (Wildman–Crippen LogP) is 5.33. The molecule has 3 rings (SSSR count). The summed E-state index contributed by atoms with van der Waals surface area (Å²) < 4.78 is 55.8. The fraction of sp³-hybridized carbons (Fsp3) is 0.346. The van der Waals surface area contributed by atoms with Gasteiger partial charge in [0, 0.05) is 26.1 Å². The molecule has 1 heterocycles. The molecule has 0 saturated carbocycles. The Labute approximate surface area is 221 Å². The number of aromatic nitrogens is 2. The van der Waals surface area contributed by atoms with E-state index in [2.05, 4.69) is 9.73 Å². The summed E-state index contributed by atoms with van der Waals surface area (Å²) in [5.41, 5.74) is -0.0805. The van der Waals surface area contributed by atoms with Crippen molar-refractivity contribution in [3.63, 3.8) is 0 Å². The number of benzene rings is 2. The summed E-state index contributed by atoms with van der Waals surface area (Å²) in [5, 5.41) is 0.432. The summed E-state index contributed by atoms with van der Waals surface area (Å²) in [5.74, 6) is -0.210. The molecule has 8 nitrogen and oxygen atoms in total. The Morgan fingerprint density at radius 3 is 2.39 bits per heavy atom. The zero-order valence-corrected chi connectivity index (χ0v) is 22.2. The van der Waals surface area contributed by atoms with Crippen molar-refractivity contribution < 1.29 is 27.4 Å². The molecule has 0 aliphatic carbocycles. The quantitative estimate of drug-likeness (QED) is 0.278. The van der Waals surface area contributed by atoms with E-state index in [1.807, 2.05) is 13.0 Å². The Bertz CT molecular complexity index is 1430. The number of methoxy groups -OCH3 is 1. The van der Waals surface area contributed by atoms with Crippen LogP contribution in [0.2, 0.25) is 5.02 Å². The van der Waals surface area contributed by atoms with Crippen LogP contribution >= 0.6 is 11.6 Å². The molecule has 204 valence electrons. The largest absolute Gasteiger partial charge is 0.573 e. The van der Waals surface area contributed by atoms with E-state index in [1.165, 1.54) is 44.8 Å². The van der Waals surface area contributed by atoms with Gasteiger partial charge in [-0.25, -0.2) is 4.79 Å². The average Bonchev–Trinajstić information content (AvgIpc) is 2.87. The van der Waals surface area contributed by atoms with Crippen LogP contribution in [-0.4, -0.2) is 28.5 Å².